The van der Waals surface area contributed by atoms with Gasteiger partial charge in [0.25, 0.3) is 0 Å². The second-order valence-electron chi connectivity index (χ2n) is 1.98. The molecular weight excluding hydrogens is 148 g/mol. The van der Waals surface area contributed by atoms with E-state index in [-0.39, 0.29) is 11.8 Å². The number of thiol groups is 1. The van der Waals surface area contributed by atoms with Crippen LogP contribution in [-0.2, 0) is 0 Å². The average Bonchev–Trinajstić information content (AvgIpc) is 1.88. The van der Waals surface area contributed by atoms with Crippen LogP contribution in [0.3, 0.4) is 0 Å². The summed E-state index contributed by atoms with van der Waals surface area (Å²) < 4.78 is 0. The highest BCUT2D eigenvalue weighted by Gasteiger charge is 2.13. The summed E-state index contributed by atoms with van der Waals surface area (Å²) in [5.41, 5.74) is 10.8. The Morgan fingerprint density at radius 3 is 2.20 bits per heavy atom. The topological polar surface area (TPSA) is 67.3 Å². The molecule has 4 nitrogen and oxygen atoms in total. The van der Waals surface area contributed by atoms with Gasteiger partial charge in [-0.3, -0.25) is 10.2 Å². The number of nitrogens with one attached hydrogen (secondary N) is 1. The molecule has 0 fully saturated rings. The number of nitrogens with zero attached hydrogens (tertiary/aromatic N) is 1. The van der Waals surface area contributed by atoms with E-state index >= 15 is 0 Å². The molecule has 5 heteroatoms. The minimum Gasteiger partial charge on any atom is -0.307 e. The van der Waals surface area contributed by atoms with Gasteiger partial charge in [0.2, 0.25) is 0 Å². The lowest BCUT2D eigenvalue weighted by molar-refractivity contribution is 0.175. The zero-order chi connectivity index (χ0) is 8.15. The van der Waals surface area contributed by atoms with Crippen LogP contribution < -0.4 is 16.8 Å². The van der Waals surface area contributed by atoms with Gasteiger partial charge in [0.1, 0.15) is 11.8 Å². The molecule has 0 aliphatic carbocycles. The second kappa shape index (κ2) is 4.92. The summed E-state index contributed by atoms with van der Waals surface area (Å²) in [4.78, 5) is 1.82. The maximum atomic E-state index is 5.61. The largest absolute Gasteiger partial charge is 0.307 e. The van der Waals surface area contributed by atoms with E-state index in [4.69, 9.17) is 11.5 Å². The van der Waals surface area contributed by atoms with Crippen LogP contribution in [0.4, 0.5) is 0 Å². The van der Waals surface area contributed by atoms with Crippen LogP contribution in [0.15, 0.2) is 0 Å². The molecule has 0 radical (unpaired) electrons. The minimum absolute atomic E-state index is 0.211. The van der Waals surface area contributed by atoms with Crippen molar-refractivity contribution in [2.75, 3.05) is 13.6 Å². The molecule has 0 saturated carbocycles. The molecule has 0 aromatic heterocycles. The number of hydrogen-bond donors (Lipinski definition) is 4. The Bertz CT molecular complexity index is 87.7. The molecule has 0 saturated heterocycles. The maximum absolute atomic E-state index is 5.61. The molecule has 62 valence electrons. The predicted octanol–water partition coefficient (Wildman–Crippen LogP) is -1.06. The van der Waals surface area contributed by atoms with Crippen molar-refractivity contribution in [1.29, 1.82) is 0 Å². The lowest BCUT2D eigenvalue weighted by Crippen LogP contribution is -2.55. The van der Waals surface area contributed by atoms with Crippen molar-refractivity contribution in [3.8, 4) is 0 Å². The van der Waals surface area contributed by atoms with Crippen LogP contribution in [0.1, 0.15) is 6.92 Å². The fourth-order valence-electron chi connectivity index (χ4n) is 0.714. The molecule has 5 N–H and O–H groups in total. The molecule has 0 bridgehead atoms. The van der Waals surface area contributed by atoms with Gasteiger partial charge >= 0.3 is 0 Å². The smallest absolute Gasteiger partial charge is 0.113 e. The van der Waals surface area contributed by atoms with Gasteiger partial charge in [0.05, 0.1) is 0 Å². The molecule has 0 spiro atoms. The summed E-state index contributed by atoms with van der Waals surface area (Å²) in [5, 5.41) is 2.87. The fourth-order valence-corrected chi connectivity index (χ4v) is 1.02. The maximum Gasteiger partial charge on any atom is 0.113 e. The van der Waals surface area contributed by atoms with Gasteiger partial charge in [-0.15, -0.1) is 12.6 Å². The van der Waals surface area contributed by atoms with Crippen LogP contribution >= 0.6 is 12.6 Å². The molecule has 2 unspecified atom stereocenters. The van der Waals surface area contributed by atoms with E-state index in [1.807, 2.05) is 11.8 Å². The van der Waals surface area contributed by atoms with Gasteiger partial charge in [-0.05, 0) is 7.05 Å². The van der Waals surface area contributed by atoms with E-state index in [0.29, 0.717) is 0 Å². The Morgan fingerprint density at radius 1 is 1.60 bits per heavy atom. The van der Waals surface area contributed by atoms with Crippen molar-refractivity contribution in [1.82, 2.24) is 10.2 Å². The third-order valence-corrected chi connectivity index (χ3v) is 1.65. The van der Waals surface area contributed by atoms with E-state index in [1.54, 1.807) is 7.05 Å². The van der Waals surface area contributed by atoms with Crippen LogP contribution in [0, 0.1) is 0 Å². The van der Waals surface area contributed by atoms with Gasteiger partial charge in [0.15, 0.2) is 0 Å². The predicted molar refractivity (Wildman–Crippen MR) is 46.4 cm³/mol. The Hall–Kier alpha value is 0.190. The highest BCUT2D eigenvalue weighted by molar-refractivity contribution is 7.80. The number of hydrogen-bond acceptors (Lipinski definition) is 5. The molecule has 10 heavy (non-hydrogen) atoms. The van der Waals surface area contributed by atoms with Crippen molar-refractivity contribution in [3.05, 3.63) is 0 Å². The third kappa shape index (κ3) is 2.85. The summed E-state index contributed by atoms with van der Waals surface area (Å²) in [6.45, 7) is 2.76. The van der Waals surface area contributed by atoms with Gasteiger partial charge in [-0.1, -0.05) is 6.92 Å². The summed E-state index contributed by atoms with van der Waals surface area (Å²) in [5.74, 6) is 0. The van der Waals surface area contributed by atoms with Gasteiger partial charge in [0, 0.05) is 6.54 Å². The lowest BCUT2D eigenvalue weighted by Gasteiger charge is -2.29. The van der Waals surface area contributed by atoms with E-state index in [1.165, 1.54) is 0 Å². The molecule has 0 aromatic carbocycles. The van der Waals surface area contributed by atoms with Gasteiger partial charge < -0.3 is 11.5 Å². The van der Waals surface area contributed by atoms with Crippen LogP contribution in [0.2, 0.25) is 0 Å². The first-order chi connectivity index (χ1) is 4.63. The normalized spacial score (nSPS) is 17.4. The first kappa shape index (κ1) is 10.2. The monoisotopic (exact) mass is 164 g/mol. The molecule has 0 aromatic rings. The highest BCUT2D eigenvalue weighted by Crippen LogP contribution is 1.97. The minimum atomic E-state index is -0.299. The Kier molecular flexibility index (Phi) is 5.02. The first-order valence-corrected chi connectivity index (χ1v) is 3.77. The van der Waals surface area contributed by atoms with Gasteiger partial charge in [-0.25, -0.2) is 0 Å². The van der Waals surface area contributed by atoms with Gasteiger partial charge in [-0.2, -0.15) is 0 Å². The molecule has 0 heterocycles. The summed E-state index contributed by atoms with van der Waals surface area (Å²) >= 11 is 4.05. The highest BCUT2D eigenvalue weighted by atomic mass is 32.1. The quantitative estimate of drug-likeness (QED) is 0.316. The zero-order valence-corrected chi connectivity index (χ0v) is 7.31. The number of rotatable bonds is 4. The molecule has 2 atom stereocenters. The second-order valence-corrected chi connectivity index (χ2v) is 2.51. The number of nitrogens with two attached hydrogens (primary N) is 2. The van der Waals surface area contributed by atoms with Crippen LogP contribution in [0.25, 0.3) is 0 Å². The molecule has 0 rings (SSSR count). The molecule has 0 aliphatic rings. The summed E-state index contributed by atoms with van der Waals surface area (Å²) in [6, 6.07) is 0. The lowest BCUT2D eigenvalue weighted by atomic mass is 10.6. The molecular formula is C5H16N4S. The van der Waals surface area contributed by atoms with Crippen molar-refractivity contribution in [3.63, 3.8) is 0 Å². The van der Waals surface area contributed by atoms with Crippen LogP contribution in [0.5, 0.6) is 0 Å². The fraction of sp³-hybridized carbons (Fsp3) is 1.00. The third-order valence-electron chi connectivity index (χ3n) is 1.36. The SMILES string of the molecule is CCN(C(N)S)C(N)NC. The van der Waals surface area contributed by atoms with Crippen molar-refractivity contribution in [2.24, 2.45) is 11.5 Å². The van der Waals surface area contributed by atoms with Crippen molar-refractivity contribution in [2.45, 2.75) is 18.7 Å². The summed E-state index contributed by atoms with van der Waals surface area (Å²) in [6.07, 6.45) is -0.211. The zero-order valence-electron chi connectivity index (χ0n) is 6.41. The standard InChI is InChI=1S/C5H16N4S/c1-3-9(5(7)10)4(6)8-2/h4-5,8,10H,3,6-7H2,1-2H3. The molecule has 0 amide bonds. The summed E-state index contributed by atoms with van der Waals surface area (Å²) in [7, 11) is 1.78. The first-order valence-electron chi connectivity index (χ1n) is 3.25. The van der Waals surface area contributed by atoms with Crippen molar-refractivity contribution >= 4 is 12.6 Å². The Morgan fingerprint density at radius 2 is 2.10 bits per heavy atom. The Balaban J connectivity index is 3.80. The molecule has 0 aliphatic heterocycles. The Labute approximate surface area is 67.3 Å². The van der Waals surface area contributed by atoms with Crippen LogP contribution in [-0.4, -0.2) is 30.3 Å². The van der Waals surface area contributed by atoms with E-state index < -0.39 is 0 Å². The average molecular weight is 164 g/mol. The van der Waals surface area contributed by atoms with E-state index in [2.05, 4.69) is 17.9 Å². The van der Waals surface area contributed by atoms with E-state index in [9.17, 15) is 0 Å². The van der Waals surface area contributed by atoms with E-state index in [0.717, 1.165) is 6.54 Å². The van der Waals surface area contributed by atoms with Crippen molar-refractivity contribution < 1.29 is 0 Å².